The van der Waals surface area contributed by atoms with Gasteiger partial charge in [-0.1, -0.05) is 129 Å². The van der Waals surface area contributed by atoms with E-state index in [-0.39, 0.29) is 5.78 Å². The number of ether oxygens (including phenoxy) is 1. The maximum atomic E-state index is 12.9. The second-order valence-electron chi connectivity index (χ2n) is 12.9. The van der Waals surface area contributed by atoms with Gasteiger partial charge in [-0.2, -0.15) is 0 Å². The van der Waals surface area contributed by atoms with Crippen molar-refractivity contribution in [3.63, 3.8) is 0 Å². The monoisotopic (exact) mass is 650 g/mol. The van der Waals surface area contributed by atoms with Gasteiger partial charge in [0.1, 0.15) is 12.4 Å². The van der Waals surface area contributed by atoms with Crippen molar-refractivity contribution >= 4 is 16.7 Å². The van der Waals surface area contributed by atoms with Gasteiger partial charge in [-0.05, 0) is 82.8 Å². The lowest BCUT2D eigenvalue weighted by Crippen LogP contribution is -2.21. The quantitative estimate of drug-likeness (QED) is 0.120. The van der Waals surface area contributed by atoms with Crippen LogP contribution in [0.5, 0.6) is 5.75 Å². The first-order valence-electron chi connectivity index (χ1n) is 19.1. The summed E-state index contributed by atoms with van der Waals surface area (Å²) in [6.07, 6.45) is 17.4. The van der Waals surface area contributed by atoms with Crippen LogP contribution in [0.3, 0.4) is 0 Å². The highest BCUT2D eigenvalue weighted by Gasteiger charge is 2.22. The fourth-order valence-electron chi connectivity index (χ4n) is 5.66. The Morgan fingerprint density at radius 1 is 0.809 bits per heavy atom. The Bertz CT molecular complexity index is 1160. The maximum absolute atomic E-state index is 12.9. The van der Waals surface area contributed by atoms with Crippen LogP contribution < -0.4 is 15.8 Å². The third-order valence-corrected chi connectivity index (χ3v) is 8.76. The Hall–Kier alpha value is -2.63. The fourth-order valence-corrected chi connectivity index (χ4v) is 5.66. The van der Waals surface area contributed by atoms with E-state index in [1.165, 1.54) is 89.3 Å². The standard InChI is InChI=1S/C27H36N2O2.C6H14.C5H11N.C4H10/c1-4-9-21(18-28)10-8-17-29-24-12-7-6-11-23(24)27(26(30)5-2)25(29)19-31-22-15-13-20(3)14-16-22;1-3-5-6-4-2;1-2-4-6-5-3-1;1-3-4-2/h6-7,11-16,21H,4-5,8-10,17-19,28H2,1-3H3;3-6H2,1-2H3;6H,1-5H2;3-4H2,1-2H3. The third-order valence-electron chi connectivity index (χ3n) is 8.76. The molecule has 3 N–H and O–H groups in total. The molecule has 1 fully saturated rings. The molecule has 0 amide bonds. The normalized spacial score (nSPS) is 12.9. The van der Waals surface area contributed by atoms with Crippen molar-refractivity contribution in [2.75, 3.05) is 19.6 Å². The number of ketones is 1. The molecule has 1 atom stereocenters. The molecule has 5 nitrogen and oxygen atoms in total. The molecular weight excluding hydrogens is 578 g/mol. The van der Waals surface area contributed by atoms with Crippen LogP contribution in [0.1, 0.15) is 153 Å². The number of hydrogen-bond acceptors (Lipinski definition) is 4. The van der Waals surface area contributed by atoms with Crippen molar-refractivity contribution in [1.29, 1.82) is 0 Å². The lowest BCUT2D eigenvalue weighted by atomic mass is 9.98. The Morgan fingerprint density at radius 3 is 1.94 bits per heavy atom. The number of unbranched alkanes of at least 4 members (excludes halogenated alkanes) is 4. The van der Waals surface area contributed by atoms with Crippen LogP contribution in [0.4, 0.5) is 0 Å². The zero-order chi connectivity index (χ0) is 34.7. The number of aryl methyl sites for hydroxylation is 2. The molecule has 1 aromatic heterocycles. The largest absolute Gasteiger partial charge is 0.487 e. The first-order chi connectivity index (χ1) is 22.9. The number of carbonyl (C=O) groups is 1. The second kappa shape index (κ2) is 27.3. The Kier molecular flexibility index (Phi) is 24.7. The third kappa shape index (κ3) is 16.9. The molecule has 1 saturated heterocycles. The van der Waals surface area contributed by atoms with Gasteiger partial charge in [0.2, 0.25) is 0 Å². The molecule has 5 heteroatoms. The maximum Gasteiger partial charge on any atom is 0.165 e. The van der Waals surface area contributed by atoms with Crippen molar-refractivity contribution in [1.82, 2.24) is 9.88 Å². The smallest absolute Gasteiger partial charge is 0.165 e. The number of fused-ring (bicyclic) bond motifs is 1. The summed E-state index contributed by atoms with van der Waals surface area (Å²) in [7, 11) is 0. The summed E-state index contributed by atoms with van der Waals surface area (Å²) >= 11 is 0. The van der Waals surface area contributed by atoms with Crippen molar-refractivity contribution in [2.24, 2.45) is 11.7 Å². The lowest BCUT2D eigenvalue weighted by molar-refractivity contribution is 0.0986. The van der Waals surface area contributed by atoms with E-state index in [0.29, 0.717) is 18.9 Å². The van der Waals surface area contributed by atoms with E-state index in [1.54, 1.807) is 0 Å². The zero-order valence-electron chi connectivity index (χ0n) is 31.5. The molecule has 1 aliphatic heterocycles. The van der Waals surface area contributed by atoms with Gasteiger partial charge in [0.05, 0.1) is 5.69 Å². The number of benzene rings is 2. The number of carbonyl (C=O) groups excluding carboxylic acids is 1. The van der Waals surface area contributed by atoms with Gasteiger partial charge >= 0.3 is 0 Å². The summed E-state index contributed by atoms with van der Waals surface area (Å²) < 4.78 is 8.44. The average molecular weight is 650 g/mol. The summed E-state index contributed by atoms with van der Waals surface area (Å²) in [4.78, 5) is 12.9. The summed E-state index contributed by atoms with van der Waals surface area (Å²) in [6, 6.07) is 16.3. The summed E-state index contributed by atoms with van der Waals surface area (Å²) in [5.41, 5.74) is 10.1. The van der Waals surface area contributed by atoms with Gasteiger partial charge in [-0.3, -0.25) is 4.79 Å². The van der Waals surface area contributed by atoms with Crippen LogP contribution in [-0.2, 0) is 13.2 Å². The molecule has 4 rings (SSSR count). The minimum atomic E-state index is 0.170. The average Bonchev–Trinajstić information content (AvgIpc) is 3.44. The minimum Gasteiger partial charge on any atom is -0.487 e. The predicted octanol–water partition coefficient (Wildman–Crippen LogP) is 11.4. The molecule has 2 heterocycles. The highest BCUT2D eigenvalue weighted by Crippen LogP contribution is 2.30. The summed E-state index contributed by atoms with van der Waals surface area (Å²) in [6.45, 7) is 19.5. The van der Waals surface area contributed by atoms with Gasteiger partial charge in [0.15, 0.2) is 5.78 Å². The molecule has 47 heavy (non-hydrogen) atoms. The zero-order valence-corrected chi connectivity index (χ0v) is 31.5. The first-order valence-corrected chi connectivity index (χ1v) is 19.1. The van der Waals surface area contributed by atoms with Crippen LogP contribution in [0.25, 0.3) is 10.9 Å². The number of Topliss-reactive ketones (excluding diaryl/α,β-unsaturated/α-hetero) is 1. The molecule has 1 aliphatic rings. The van der Waals surface area contributed by atoms with E-state index in [4.69, 9.17) is 10.5 Å². The Labute approximate surface area is 289 Å². The van der Waals surface area contributed by atoms with Gasteiger partial charge in [0.25, 0.3) is 0 Å². The summed E-state index contributed by atoms with van der Waals surface area (Å²) in [5.74, 6) is 1.56. The minimum absolute atomic E-state index is 0.170. The van der Waals surface area contributed by atoms with E-state index in [2.05, 4.69) is 63.6 Å². The van der Waals surface area contributed by atoms with Gasteiger partial charge in [0, 0.05) is 29.4 Å². The SMILES string of the molecule is C1CCNCC1.CCCC.CCCC(CN)CCCn1c(COc2ccc(C)cc2)c(C(=O)CC)c2ccccc21.CCCCCC. The van der Waals surface area contributed by atoms with Crippen molar-refractivity contribution in [2.45, 2.75) is 152 Å². The lowest BCUT2D eigenvalue weighted by Gasteiger charge is -2.16. The molecule has 266 valence electrons. The van der Waals surface area contributed by atoms with Crippen LogP contribution in [0.15, 0.2) is 48.5 Å². The van der Waals surface area contributed by atoms with E-state index >= 15 is 0 Å². The van der Waals surface area contributed by atoms with Crippen molar-refractivity contribution in [3.8, 4) is 5.75 Å². The fraction of sp³-hybridized carbons (Fsp3) is 0.643. The molecule has 0 aliphatic carbocycles. The highest BCUT2D eigenvalue weighted by atomic mass is 16.5. The number of rotatable bonds is 16. The van der Waals surface area contributed by atoms with Gasteiger partial charge in [-0.25, -0.2) is 0 Å². The van der Waals surface area contributed by atoms with Gasteiger partial charge < -0.3 is 20.4 Å². The molecular formula is C42H71N3O2. The van der Waals surface area contributed by atoms with Crippen molar-refractivity contribution in [3.05, 3.63) is 65.4 Å². The number of nitrogens with zero attached hydrogens (tertiary/aromatic N) is 1. The van der Waals surface area contributed by atoms with Crippen LogP contribution >= 0.6 is 0 Å². The van der Waals surface area contributed by atoms with Crippen LogP contribution in [0.2, 0.25) is 0 Å². The highest BCUT2D eigenvalue weighted by molar-refractivity contribution is 6.09. The number of nitrogens with one attached hydrogen (secondary N) is 1. The van der Waals surface area contributed by atoms with Gasteiger partial charge in [-0.15, -0.1) is 0 Å². The van der Waals surface area contributed by atoms with E-state index in [0.717, 1.165) is 53.8 Å². The van der Waals surface area contributed by atoms with Crippen LogP contribution in [0, 0.1) is 12.8 Å². The predicted molar refractivity (Wildman–Crippen MR) is 206 cm³/mol. The number of hydrogen-bond donors (Lipinski definition) is 2. The van der Waals surface area contributed by atoms with Crippen molar-refractivity contribution < 1.29 is 9.53 Å². The molecule has 2 aromatic carbocycles. The van der Waals surface area contributed by atoms with E-state index in [1.807, 2.05) is 43.3 Å². The molecule has 0 spiro atoms. The Morgan fingerprint density at radius 2 is 1.45 bits per heavy atom. The topological polar surface area (TPSA) is 69.3 Å². The molecule has 0 saturated carbocycles. The second-order valence-corrected chi connectivity index (χ2v) is 12.9. The summed E-state index contributed by atoms with van der Waals surface area (Å²) in [5, 5.41) is 4.31. The van der Waals surface area contributed by atoms with Crippen LogP contribution in [-0.4, -0.2) is 30.0 Å². The number of piperidine rings is 1. The molecule has 3 aromatic rings. The van der Waals surface area contributed by atoms with E-state index in [9.17, 15) is 4.79 Å². The first kappa shape index (κ1) is 42.4. The number of para-hydroxylation sites is 1. The molecule has 0 radical (unpaired) electrons. The molecule has 1 unspecified atom stereocenters. The number of aromatic nitrogens is 1. The molecule has 0 bridgehead atoms. The number of nitrogens with two attached hydrogens (primary N) is 1. The van der Waals surface area contributed by atoms with E-state index < -0.39 is 0 Å². The Balaban J connectivity index is 0.000000564.